The quantitative estimate of drug-likeness (QED) is 0.779. The Bertz CT molecular complexity index is 1020. The molecular formula is C18H15ClFN3O2. The van der Waals surface area contributed by atoms with E-state index in [0.717, 1.165) is 5.56 Å². The predicted octanol–water partition coefficient (Wildman–Crippen LogP) is 2.70. The van der Waals surface area contributed by atoms with Crippen LogP contribution in [0.15, 0.2) is 47.3 Å². The van der Waals surface area contributed by atoms with Crippen molar-refractivity contribution in [1.82, 2.24) is 15.1 Å². The molecule has 2 aromatic carbocycles. The van der Waals surface area contributed by atoms with Crippen molar-refractivity contribution in [3.05, 3.63) is 74.8 Å². The van der Waals surface area contributed by atoms with Gasteiger partial charge in [0.15, 0.2) is 5.69 Å². The molecule has 1 heterocycles. The van der Waals surface area contributed by atoms with E-state index in [1.807, 2.05) is 0 Å². The molecule has 1 amide bonds. The first-order chi connectivity index (χ1) is 12.0. The van der Waals surface area contributed by atoms with Gasteiger partial charge in [-0.15, -0.1) is 0 Å². The number of benzene rings is 2. The minimum atomic E-state index is -0.570. The minimum absolute atomic E-state index is 0.198. The smallest absolute Gasteiger partial charge is 0.275 e. The summed E-state index contributed by atoms with van der Waals surface area (Å²) in [5.41, 5.74) is 0.674. The van der Waals surface area contributed by atoms with Gasteiger partial charge in [0.1, 0.15) is 5.82 Å². The number of hydrogen-bond acceptors (Lipinski definition) is 3. The summed E-state index contributed by atoms with van der Waals surface area (Å²) in [5.74, 6) is -0.898. The summed E-state index contributed by atoms with van der Waals surface area (Å²) in [7, 11) is 1.65. The van der Waals surface area contributed by atoms with E-state index in [1.54, 1.807) is 31.3 Å². The minimum Gasteiger partial charge on any atom is -0.350 e. The van der Waals surface area contributed by atoms with Crippen LogP contribution in [0.25, 0.3) is 10.9 Å². The first kappa shape index (κ1) is 17.1. The zero-order chi connectivity index (χ0) is 18.0. The molecule has 0 unspecified atom stereocenters. The molecule has 3 aromatic rings. The maximum Gasteiger partial charge on any atom is 0.275 e. The first-order valence-electron chi connectivity index (χ1n) is 7.65. The fourth-order valence-corrected chi connectivity index (χ4v) is 2.77. The zero-order valence-corrected chi connectivity index (χ0v) is 14.2. The van der Waals surface area contributed by atoms with Gasteiger partial charge in [0, 0.05) is 18.6 Å². The van der Waals surface area contributed by atoms with E-state index in [0.29, 0.717) is 22.3 Å². The molecule has 128 valence electrons. The number of amides is 1. The molecule has 0 aliphatic carbocycles. The molecule has 0 aliphatic rings. The number of aryl methyl sites for hydroxylation is 1. The van der Waals surface area contributed by atoms with Crippen LogP contribution >= 0.6 is 11.6 Å². The number of hydrogen-bond donors (Lipinski definition) is 1. The third kappa shape index (κ3) is 3.69. The van der Waals surface area contributed by atoms with E-state index in [-0.39, 0.29) is 18.1 Å². The summed E-state index contributed by atoms with van der Waals surface area (Å²) in [4.78, 5) is 24.8. The fourth-order valence-electron chi connectivity index (χ4n) is 2.59. The van der Waals surface area contributed by atoms with Gasteiger partial charge in [-0.05, 0) is 42.3 Å². The number of nitrogens with one attached hydrogen (secondary N) is 1. The Kier molecular flexibility index (Phi) is 4.81. The van der Waals surface area contributed by atoms with Crippen molar-refractivity contribution in [2.75, 3.05) is 6.54 Å². The summed E-state index contributed by atoms with van der Waals surface area (Å²) < 4.78 is 14.6. The molecule has 0 saturated heterocycles. The van der Waals surface area contributed by atoms with Crippen molar-refractivity contribution in [3.63, 3.8) is 0 Å². The molecule has 0 saturated carbocycles. The lowest BCUT2D eigenvalue weighted by Crippen LogP contribution is -2.33. The third-order valence-corrected chi connectivity index (χ3v) is 4.06. The molecule has 25 heavy (non-hydrogen) atoms. The Morgan fingerprint density at radius 3 is 2.84 bits per heavy atom. The van der Waals surface area contributed by atoms with E-state index < -0.39 is 11.3 Å². The fraction of sp³-hybridized carbons (Fsp3) is 0.167. The molecular weight excluding hydrogens is 345 g/mol. The number of carbonyl (C=O) groups is 1. The van der Waals surface area contributed by atoms with Gasteiger partial charge in [0.2, 0.25) is 5.43 Å². The summed E-state index contributed by atoms with van der Waals surface area (Å²) in [5, 5.41) is 7.45. The van der Waals surface area contributed by atoms with Crippen molar-refractivity contribution in [2.24, 2.45) is 7.05 Å². The number of carbonyl (C=O) groups excluding carboxylic acids is 1. The van der Waals surface area contributed by atoms with Gasteiger partial charge in [-0.3, -0.25) is 14.3 Å². The van der Waals surface area contributed by atoms with Gasteiger partial charge < -0.3 is 5.32 Å². The second-order valence-corrected chi connectivity index (χ2v) is 6.04. The van der Waals surface area contributed by atoms with Crippen molar-refractivity contribution in [3.8, 4) is 0 Å². The number of fused-ring (bicyclic) bond motifs is 1. The summed E-state index contributed by atoms with van der Waals surface area (Å²) in [6, 6.07) is 11.0. The molecule has 0 bridgehead atoms. The number of halogens is 2. The Hall–Kier alpha value is -2.73. The highest BCUT2D eigenvalue weighted by atomic mass is 35.5. The maximum absolute atomic E-state index is 13.1. The average Bonchev–Trinajstić information content (AvgIpc) is 2.58. The Morgan fingerprint density at radius 2 is 2.08 bits per heavy atom. The van der Waals surface area contributed by atoms with Crippen molar-refractivity contribution >= 4 is 28.4 Å². The van der Waals surface area contributed by atoms with E-state index >= 15 is 0 Å². The van der Waals surface area contributed by atoms with Crippen LogP contribution in [0.1, 0.15) is 16.1 Å². The van der Waals surface area contributed by atoms with Crippen LogP contribution in [0.2, 0.25) is 5.02 Å². The highest BCUT2D eigenvalue weighted by Gasteiger charge is 2.16. The molecule has 1 N–H and O–H groups in total. The molecule has 0 spiro atoms. The van der Waals surface area contributed by atoms with Crippen LogP contribution in [0.4, 0.5) is 4.39 Å². The maximum atomic E-state index is 13.1. The van der Waals surface area contributed by atoms with E-state index in [2.05, 4.69) is 10.4 Å². The second kappa shape index (κ2) is 7.03. The van der Waals surface area contributed by atoms with Crippen molar-refractivity contribution < 1.29 is 9.18 Å². The Labute approximate surface area is 148 Å². The van der Waals surface area contributed by atoms with Crippen molar-refractivity contribution in [1.29, 1.82) is 0 Å². The Balaban J connectivity index is 1.80. The molecule has 3 rings (SSSR count). The lowest BCUT2D eigenvalue weighted by Gasteiger charge is -2.09. The monoisotopic (exact) mass is 359 g/mol. The van der Waals surface area contributed by atoms with Crippen LogP contribution in [0, 0.1) is 5.82 Å². The highest BCUT2D eigenvalue weighted by molar-refractivity contribution is 6.31. The summed E-state index contributed by atoms with van der Waals surface area (Å²) in [6.07, 6.45) is 0.448. The van der Waals surface area contributed by atoms with Gasteiger partial charge in [0.25, 0.3) is 5.91 Å². The van der Waals surface area contributed by atoms with Gasteiger partial charge in [0.05, 0.1) is 10.9 Å². The van der Waals surface area contributed by atoms with E-state index in [1.165, 1.54) is 22.9 Å². The molecule has 5 nitrogen and oxygen atoms in total. The number of nitrogens with zero attached hydrogens (tertiary/aromatic N) is 2. The first-order valence-corrected chi connectivity index (χ1v) is 8.03. The van der Waals surface area contributed by atoms with Crippen LogP contribution in [-0.4, -0.2) is 22.2 Å². The third-order valence-electron chi connectivity index (χ3n) is 3.82. The van der Waals surface area contributed by atoms with Crippen LogP contribution in [0.3, 0.4) is 0 Å². The van der Waals surface area contributed by atoms with Crippen molar-refractivity contribution in [2.45, 2.75) is 6.42 Å². The molecule has 0 aliphatic heterocycles. The molecule has 1 aromatic heterocycles. The van der Waals surface area contributed by atoms with Gasteiger partial charge in [-0.1, -0.05) is 23.7 Å². The lowest BCUT2D eigenvalue weighted by atomic mass is 10.1. The van der Waals surface area contributed by atoms with E-state index in [9.17, 15) is 14.0 Å². The topological polar surface area (TPSA) is 64.0 Å². The molecule has 0 fully saturated rings. The van der Waals surface area contributed by atoms with Crippen LogP contribution < -0.4 is 10.7 Å². The van der Waals surface area contributed by atoms with Gasteiger partial charge >= 0.3 is 0 Å². The average molecular weight is 360 g/mol. The van der Waals surface area contributed by atoms with Crippen LogP contribution in [0.5, 0.6) is 0 Å². The molecule has 7 heteroatoms. The normalized spacial score (nSPS) is 10.8. The standard InChI is InChI=1S/C18H15ClFN3O2/c1-23-15-6-5-12(19)10-14(15)17(24)16(22-23)18(25)21-8-7-11-3-2-4-13(20)9-11/h2-6,9-10H,7-8H2,1H3,(H,21,25). The van der Waals surface area contributed by atoms with Gasteiger partial charge in [-0.25, -0.2) is 4.39 Å². The lowest BCUT2D eigenvalue weighted by molar-refractivity contribution is 0.0946. The number of aromatic nitrogens is 2. The van der Waals surface area contributed by atoms with E-state index in [4.69, 9.17) is 11.6 Å². The molecule has 0 atom stereocenters. The number of rotatable bonds is 4. The molecule has 0 radical (unpaired) electrons. The summed E-state index contributed by atoms with van der Waals surface area (Å²) in [6.45, 7) is 0.265. The zero-order valence-electron chi connectivity index (χ0n) is 13.4. The SMILES string of the molecule is Cn1nc(C(=O)NCCc2cccc(F)c2)c(=O)c2cc(Cl)ccc21. The van der Waals surface area contributed by atoms with Gasteiger partial charge in [-0.2, -0.15) is 5.10 Å². The predicted molar refractivity (Wildman–Crippen MR) is 94.4 cm³/mol. The largest absolute Gasteiger partial charge is 0.350 e. The summed E-state index contributed by atoms with van der Waals surface area (Å²) >= 11 is 5.94. The Morgan fingerprint density at radius 1 is 1.28 bits per heavy atom. The highest BCUT2D eigenvalue weighted by Crippen LogP contribution is 2.15. The second-order valence-electron chi connectivity index (χ2n) is 5.60. The van der Waals surface area contributed by atoms with Crippen LogP contribution in [-0.2, 0) is 13.5 Å².